The van der Waals surface area contributed by atoms with Crippen molar-refractivity contribution in [3.63, 3.8) is 0 Å². The molecule has 2 heterocycles. The zero-order valence-electron chi connectivity index (χ0n) is 15.6. The number of carboxylic acids is 1. The van der Waals surface area contributed by atoms with Gasteiger partial charge in [0.25, 0.3) is 0 Å². The third-order valence-electron chi connectivity index (χ3n) is 5.71. The first-order valence-corrected chi connectivity index (χ1v) is 9.30. The molecular weight excluding hydrogens is 348 g/mol. The highest BCUT2D eigenvalue weighted by Gasteiger charge is 2.49. The number of piperidine rings is 1. The summed E-state index contributed by atoms with van der Waals surface area (Å²) in [5.41, 5.74) is 0.828. The number of hydrogen-bond acceptors (Lipinski definition) is 4. The van der Waals surface area contributed by atoms with E-state index in [1.807, 2.05) is 30.3 Å². The van der Waals surface area contributed by atoms with Gasteiger partial charge >= 0.3 is 5.97 Å². The highest BCUT2D eigenvalue weighted by Crippen LogP contribution is 2.43. The molecule has 2 aliphatic rings. The third-order valence-corrected chi connectivity index (χ3v) is 5.71. The van der Waals surface area contributed by atoms with Crippen LogP contribution < -0.4 is 0 Å². The molecule has 1 N–H and O–H groups in total. The van der Waals surface area contributed by atoms with Crippen molar-refractivity contribution >= 4 is 17.8 Å². The van der Waals surface area contributed by atoms with Crippen LogP contribution in [0.1, 0.15) is 31.7 Å². The second-order valence-electron chi connectivity index (χ2n) is 7.56. The molecule has 1 aromatic rings. The lowest BCUT2D eigenvalue weighted by atomic mass is 9.76. The van der Waals surface area contributed by atoms with E-state index in [0.717, 1.165) is 5.56 Å². The van der Waals surface area contributed by atoms with Gasteiger partial charge in [-0.2, -0.15) is 0 Å². The smallest absolute Gasteiger partial charge is 0.326 e. The van der Waals surface area contributed by atoms with Gasteiger partial charge in [0, 0.05) is 26.6 Å². The number of likely N-dealkylation sites (tertiary alicyclic amines) is 2. The van der Waals surface area contributed by atoms with E-state index in [2.05, 4.69) is 0 Å². The van der Waals surface area contributed by atoms with Crippen LogP contribution in [0.3, 0.4) is 0 Å². The molecule has 1 atom stereocenters. The Morgan fingerprint density at radius 3 is 2.41 bits per heavy atom. The maximum Gasteiger partial charge on any atom is 0.326 e. The molecule has 2 saturated heterocycles. The van der Waals surface area contributed by atoms with Gasteiger partial charge in [0.1, 0.15) is 12.6 Å². The molecule has 2 fully saturated rings. The average molecular weight is 374 g/mol. The Labute approximate surface area is 158 Å². The summed E-state index contributed by atoms with van der Waals surface area (Å²) in [6, 6.07) is 8.95. The molecule has 7 nitrogen and oxygen atoms in total. The van der Waals surface area contributed by atoms with Crippen molar-refractivity contribution in [3.8, 4) is 0 Å². The zero-order valence-corrected chi connectivity index (χ0v) is 15.6. The van der Waals surface area contributed by atoms with E-state index in [1.165, 1.54) is 11.8 Å². The number of amides is 2. The summed E-state index contributed by atoms with van der Waals surface area (Å²) < 4.78 is 5.53. The van der Waals surface area contributed by atoms with Crippen LogP contribution >= 0.6 is 0 Å². The summed E-state index contributed by atoms with van der Waals surface area (Å²) in [4.78, 5) is 38.9. The maximum absolute atomic E-state index is 12.4. The predicted octanol–water partition coefficient (Wildman–Crippen LogP) is 1.52. The van der Waals surface area contributed by atoms with Gasteiger partial charge in [-0.15, -0.1) is 0 Å². The molecule has 0 bridgehead atoms. The van der Waals surface area contributed by atoms with E-state index in [1.54, 1.807) is 4.90 Å². The van der Waals surface area contributed by atoms with Crippen LogP contribution in [-0.2, 0) is 25.7 Å². The molecule has 0 aromatic heterocycles. The van der Waals surface area contributed by atoms with Crippen molar-refractivity contribution in [1.82, 2.24) is 9.80 Å². The fraction of sp³-hybridized carbons (Fsp3) is 0.550. The summed E-state index contributed by atoms with van der Waals surface area (Å²) in [6.07, 6.45) is 1.89. The third kappa shape index (κ3) is 4.47. The molecule has 3 rings (SSSR count). The summed E-state index contributed by atoms with van der Waals surface area (Å²) >= 11 is 0. The van der Waals surface area contributed by atoms with Crippen LogP contribution in [0.15, 0.2) is 30.3 Å². The Bertz CT molecular complexity index is 674. The minimum absolute atomic E-state index is 0.0409. The molecule has 2 amide bonds. The van der Waals surface area contributed by atoms with E-state index in [-0.39, 0.29) is 23.8 Å². The molecule has 0 saturated carbocycles. The quantitative estimate of drug-likeness (QED) is 0.844. The number of carboxylic acid groups (broad SMARTS) is 1. The first-order valence-electron chi connectivity index (χ1n) is 9.30. The van der Waals surface area contributed by atoms with Crippen LogP contribution in [-0.4, -0.2) is 65.0 Å². The van der Waals surface area contributed by atoms with Crippen LogP contribution in [0.5, 0.6) is 0 Å². The molecule has 146 valence electrons. The Hall–Kier alpha value is -2.41. The van der Waals surface area contributed by atoms with Crippen molar-refractivity contribution in [2.45, 2.75) is 38.8 Å². The number of ether oxygens (including phenoxy) is 1. The van der Waals surface area contributed by atoms with Crippen LogP contribution in [0.2, 0.25) is 0 Å². The van der Waals surface area contributed by atoms with Crippen molar-refractivity contribution in [2.24, 2.45) is 5.41 Å². The van der Waals surface area contributed by atoms with Gasteiger partial charge in [0.2, 0.25) is 11.8 Å². The second kappa shape index (κ2) is 8.08. The number of carbonyl (C=O) groups excluding carboxylic acids is 2. The van der Waals surface area contributed by atoms with Crippen molar-refractivity contribution < 1.29 is 24.2 Å². The van der Waals surface area contributed by atoms with E-state index < -0.39 is 12.0 Å². The summed E-state index contributed by atoms with van der Waals surface area (Å²) in [5.74, 6) is -1.20. The average Bonchev–Trinajstić information content (AvgIpc) is 3.03. The first-order chi connectivity index (χ1) is 12.9. The Balaban J connectivity index is 1.49. The number of rotatable bonds is 5. The van der Waals surface area contributed by atoms with Gasteiger partial charge in [-0.05, 0) is 30.2 Å². The lowest BCUT2D eigenvalue weighted by Gasteiger charge is -2.39. The number of hydrogen-bond donors (Lipinski definition) is 1. The number of aliphatic carboxylic acids is 1. The number of carbonyl (C=O) groups is 3. The Morgan fingerprint density at radius 1 is 1.19 bits per heavy atom. The molecule has 2 aliphatic heterocycles. The van der Waals surface area contributed by atoms with E-state index in [9.17, 15) is 19.5 Å². The highest BCUT2D eigenvalue weighted by atomic mass is 16.5. The van der Waals surface area contributed by atoms with Crippen LogP contribution in [0.25, 0.3) is 0 Å². The van der Waals surface area contributed by atoms with Gasteiger partial charge in [-0.3, -0.25) is 9.59 Å². The lowest BCUT2D eigenvalue weighted by molar-refractivity contribution is -0.147. The number of benzene rings is 1. The SMILES string of the molecule is CC(=O)N1CC2(CCN(C(=O)COCc3ccccc3)CC2)C[C@@H]1C(=O)O. The second-order valence-corrected chi connectivity index (χ2v) is 7.56. The van der Waals surface area contributed by atoms with Crippen molar-refractivity contribution in [3.05, 3.63) is 35.9 Å². The van der Waals surface area contributed by atoms with Gasteiger partial charge < -0.3 is 19.6 Å². The van der Waals surface area contributed by atoms with Gasteiger partial charge in [-0.25, -0.2) is 4.79 Å². The summed E-state index contributed by atoms with van der Waals surface area (Å²) in [6.45, 7) is 3.47. The van der Waals surface area contributed by atoms with Gasteiger partial charge in [-0.1, -0.05) is 30.3 Å². The normalized spacial score (nSPS) is 21.4. The molecule has 0 radical (unpaired) electrons. The van der Waals surface area contributed by atoms with E-state index >= 15 is 0 Å². The molecule has 7 heteroatoms. The monoisotopic (exact) mass is 374 g/mol. The molecule has 1 spiro atoms. The zero-order chi connectivity index (χ0) is 19.4. The lowest BCUT2D eigenvalue weighted by Crippen LogP contribution is -2.45. The standard InChI is InChI=1S/C20H26N2O5/c1-15(23)22-14-20(11-17(22)19(25)26)7-9-21(10-8-20)18(24)13-27-12-16-5-3-2-4-6-16/h2-6,17H,7-14H2,1H3,(H,25,26)/t17-/m1/s1. The predicted molar refractivity (Wildman–Crippen MR) is 97.8 cm³/mol. The van der Waals surface area contributed by atoms with Gasteiger partial charge in [0.15, 0.2) is 0 Å². The van der Waals surface area contributed by atoms with Gasteiger partial charge in [0.05, 0.1) is 6.61 Å². The van der Waals surface area contributed by atoms with Crippen molar-refractivity contribution in [2.75, 3.05) is 26.2 Å². The van der Waals surface area contributed by atoms with Crippen LogP contribution in [0.4, 0.5) is 0 Å². The molecular formula is C20H26N2O5. The Morgan fingerprint density at radius 2 is 1.85 bits per heavy atom. The fourth-order valence-corrected chi connectivity index (χ4v) is 4.12. The minimum atomic E-state index is -0.949. The van der Waals surface area contributed by atoms with E-state index in [0.29, 0.717) is 45.5 Å². The van der Waals surface area contributed by atoms with E-state index in [4.69, 9.17) is 4.74 Å². The van der Waals surface area contributed by atoms with Crippen molar-refractivity contribution in [1.29, 1.82) is 0 Å². The fourth-order valence-electron chi connectivity index (χ4n) is 4.12. The first kappa shape index (κ1) is 19.4. The summed E-state index contributed by atoms with van der Waals surface area (Å²) in [7, 11) is 0. The molecule has 0 unspecified atom stereocenters. The van der Waals surface area contributed by atoms with Crippen LogP contribution in [0, 0.1) is 5.41 Å². The molecule has 1 aromatic carbocycles. The highest BCUT2D eigenvalue weighted by molar-refractivity contribution is 5.83. The molecule has 0 aliphatic carbocycles. The topological polar surface area (TPSA) is 87.2 Å². The minimum Gasteiger partial charge on any atom is -0.480 e. The number of nitrogens with zero attached hydrogens (tertiary/aromatic N) is 2. The molecule has 27 heavy (non-hydrogen) atoms. The maximum atomic E-state index is 12.4. The largest absolute Gasteiger partial charge is 0.480 e. The summed E-state index contributed by atoms with van der Waals surface area (Å²) in [5, 5.41) is 9.40. The Kier molecular flexibility index (Phi) is 5.79.